The normalized spacial score (nSPS) is 8.78. The van der Waals surface area contributed by atoms with Crippen molar-refractivity contribution in [1.29, 1.82) is 0 Å². The van der Waals surface area contributed by atoms with Crippen molar-refractivity contribution in [2.45, 2.75) is 0 Å². The largest absolute Gasteiger partial charge is 0.453 e. The Morgan fingerprint density at radius 3 is 1.43 bits per heavy atom. The number of methoxy groups -OCH3 is 2. The number of halogens is 1. The van der Waals surface area contributed by atoms with Crippen LogP contribution in [-0.4, -0.2) is 38.5 Å². The fourth-order valence-corrected chi connectivity index (χ4v) is 1.30. The van der Waals surface area contributed by atoms with E-state index in [9.17, 15) is 19.2 Å². The maximum absolute atomic E-state index is 11.5. The number of carbonyl (C=O) groups excluding carboxylic acids is 4. The number of carbonyl (C=O) groups is 4. The van der Waals surface area contributed by atoms with Gasteiger partial charge in [-0.05, 0) is 12.1 Å². The Kier molecular flexibility index (Phi) is 8.55. The molecule has 0 aromatic heterocycles. The van der Waals surface area contributed by atoms with Crippen molar-refractivity contribution in [3.05, 3.63) is 24.3 Å². The Bertz CT molecular complexity index is 544. The molecule has 10 nitrogen and oxygen atoms in total. The third-order valence-corrected chi connectivity index (χ3v) is 2.23. The van der Waals surface area contributed by atoms with Gasteiger partial charge in [0, 0.05) is 0 Å². The molecule has 23 heavy (non-hydrogen) atoms. The molecule has 0 atom stereocenters. The molecule has 0 aliphatic heterocycles. The number of imide groups is 2. The van der Waals surface area contributed by atoms with Gasteiger partial charge in [-0.3, -0.25) is 0 Å². The van der Waals surface area contributed by atoms with E-state index in [0.717, 1.165) is 14.2 Å². The van der Waals surface area contributed by atoms with E-state index in [1.165, 1.54) is 12.1 Å². The van der Waals surface area contributed by atoms with E-state index >= 15 is 0 Å². The van der Waals surface area contributed by atoms with Gasteiger partial charge >= 0.3 is 24.2 Å². The zero-order valence-corrected chi connectivity index (χ0v) is 13.0. The van der Waals surface area contributed by atoms with Crippen LogP contribution in [0.4, 0.5) is 30.6 Å². The smallest absolute Gasteiger partial charge is 0.415 e. The number of hydrogen-bond acceptors (Lipinski definition) is 6. The molecule has 0 aliphatic carbocycles. The highest BCUT2D eigenvalue weighted by molar-refractivity contribution is 6.04. The Morgan fingerprint density at radius 1 is 0.783 bits per heavy atom. The van der Waals surface area contributed by atoms with Gasteiger partial charge in [0.25, 0.3) is 0 Å². The lowest BCUT2D eigenvalue weighted by molar-refractivity contribution is 0.170. The predicted octanol–water partition coefficient (Wildman–Crippen LogP) is 1.88. The third kappa shape index (κ3) is 7.00. The van der Waals surface area contributed by atoms with Crippen molar-refractivity contribution in [2.24, 2.45) is 0 Å². The van der Waals surface area contributed by atoms with Gasteiger partial charge in [0.1, 0.15) is 0 Å². The van der Waals surface area contributed by atoms with Crippen molar-refractivity contribution < 1.29 is 28.7 Å². The standard InChI is InChI=1S/C12H14N4O6.ClH/c1-21-11(19)15-9(17)13-7-5-3-4-6-8(7)14-10(18)16-12(20)22-2;/h3-6H,1-2H3,(H2,13,15,17,19)(H2,14,16,18,20);1H. The number of para-hydroxylation sites is 2. The minimum Gasteiger partial charge on any atom is -0.453 e. The lowest BCUT2D eigenvalue weighted by Gasteiger charge is -2.12. The quantitative estimate of drug-likeness (QED) is 0.645. The monoisotopic (exact) mass is 346 g/mol. The third-order valence-electron chi connectivity index (χ3n) is 2.23. The van der Waals surface area contributed by atoms with Crippen LogP contribution < -0.4 is 21.3 Å². The zero-order chi connectivity index (χ0) is 16.5. The van der Waals surface area contributed by atoms with Gasteiger partial charge in [0.05, 0.1) is 25.6 Å². The molecular weight excluding hydrogens is 332 g/mol. The molecule has 11 heteroatoms. The van der Waals surface area contributed by atoms with E-state index in [4.69, 9.17) is 0 Å². The van der Waals surface area contributed by atoms with Crippen LogP contribution in [-0.2, 0) is 9.47 Å². The Labute approximate surface area is 137 Å². The van der Waals surface area contributed by atoms with Gasteiger partial charge in [0.15, 0.2) is 0 Å². The number of rotatable bonds is 2. The Balaban J connectivity index is 0.00000484. The highest BCUT2D eigenvalue weighted by Crippen LogP contribution is 2.20. The molecule has 1 rings (SSSR count). The molecule has 0 heterocycles. The number of urea groups is 2. The van der Waals surface area contributed by atoms with Crippen LogP contribution in [0, 0.1) is 0 Å². The van der Waals surface area contributed by atoms with Gasteiger partial charge in [-0.25, -0.2) is 29.8 Å². The van der Waals surface area contributed by atoms with Gasteiger partial charge in [-0.15, -0.1) is 12.4 Å². The summed E-state index contributed by atoms with van der Waals surface area (Å²) in [5, 5.41) is 8.45. The van der Waals surface area contributed by atoms with Gasteiger partial charge < -0.3 is 20.1 Å². The summed E-state index contributed by atoms with van der Waals surface area (Å²) in [7, 11) is 2.21. The van der Waals surface area contributed by atoms with E-state index in [-0.39, 0.29) is 23.8 Å². The summed E-state index contributed by atoms with van der Waals surface area (Å²) in [5.74, 6) is 0. The molecule has 0 unspecified atom stereocenters. The lowest BCUT2D eigenvalue weighted by Crippen LogP contribution is -2.36. The van der Waals surface area contributed by atoms with E-state index in [2.05, 4.69) is 20.1 Å². The highest BCUT2D eigenvalue weighted by atomic mass is 35.5. The van der Waals surface area contributed by atoms with Crippen LogP contribution in [0.2, 0.25) is 0 Å². The second-order valence-electron chi connectivity index (χ2n) is 3.69. The zero-order valence-electron chi connectivity index (χ0n) is 12.2. The van der Waals surface area contributed by atoms with Crippen molar-refractivity contribution in [1.82, 2.24) is 10.6 Å². The Morgan fingerprint density at radius 2 is 1.13 bits per heavy atom. The van der Waals surface area contributed by atoms with Crippen LogP contribution in [0.1, 0.15) is 0 Å². The van der Waals surface area contributed by atoms with Crippen molar-refractivity contribution in [3.8, 4) is 0 Å². The first-order valence-electron chi connectivity index (χ1n) is 5.87. The average molecular weight is 347 g/mol. The predicted molar refractivity (Wildman–Crippen MR) is 82.8 cm³/mol. The summed E-state index contributed by atoms with van der Waals surface area (Å²) in [5.41, 5.74) is 0.396. The van der Waals surface area contributed by atoms with Gasteiger partial charge in [0.2, 0.25) is 0 Å². The number of ether oxygens (including phenoxy) is 2. The SMILES string of the molecule is COC(=O)NC(=O)Nc1ccccc1NC(=O)NC(=O)OC.Cl. The number of hydrogen-bond donors (Lipinski definition) is 4. The maximum Gasteiger partial charge on any atom is 0.415 e. The molecule has 0 spiro atoms. The van der Waals surface area contributed by atoms with Crippen LogP contribution >= 0.6 is 12.4 Å². The number of amides is 6. The lowest BCUT2D eigenvalue weighted by atomic mass is 10.2. The summed E-state index contributed by atoms with van der Waals surface area (Å²) < 4.78 is 8.53. The van der Waals surface area contributed by atoms with Crippen LogP contribution in [0.5, 0.6) is 0 Å². The molecule has 6 amide bonds. The van der Waals surface area contributed by atoms with E-state index in [0.29, 0.717) is 0 Å². The molecule has 126 valence electrons. The minimum atomic E-state index is -0.939. The molecule has 4 N–H and O–H groups in total. The maximum atomic E-state index is 11.5. The van der Waals surface area contributed by atoms with Crippen LogP contribution in [0.25, 0.3) is 0 Å². The molecule has 0 fully saturated rings. The average Bonchev–Trinajstić information content (AvgIpc) is 2.48. The second kappa shape index (κ2) is 9.84. The summed E-state index contributed by atoms with van der Waals surface area (Å²) in [4.78, 5) is 44.8. The summed E-state index contributed by atoms with van der Waals surface area (Å²) >= 11 is 0. The first-order valence-corrected chi connectivity index (χ1v) is 5.87. The van der Waals surface area contributed by atoms with Crippen LogP contribution in [0.3, 0.4) is 0 Å². The van der Waals surface area contributed by atoms with E-state index in [1.807, 2.05) is 10.6 Å². The van der Waals surface area contributed by atoms with Gasteiger partial charge in [-0.1, -0.05) is 12.1 Å². The fourth-order valence-electron chi connectivity index (χ4n) is 1.30. The molecule has 1 aromatic carbocycles. The molecule has 0 radical (unpaired) electrons. The molecule has 0 saturated heterocycles. The van der Waals surface area contributed by atoms with Crippen molar-refractivity contribution in [3.63, 3.8) is 0 Å². The summed E-state index contributed by atoms with van der Waals surface area (Å²) in [6.07, 6.45) is -1.88. The summed E-state index contributed by atoms with van der Waals surface area (Å²) in [6, 6.07) is 4.44. The first-order chi connectivity index (χ1) is 10.5. The fraction of sp³-hybridized carbons (Fsp3) is 0.167. The number of nitrogens with one attached hydrogen (secondary N) is 4. The molecule has 0 saturated carbocycles. The van der Waals surface area contributed by atoms with E-state index in [1.54, 1.807) is 12.1 Å². The second-order valence-corrected chi connectivity index (χ2v) is 3.69. The first kappa shape index (κ1) is 20.0. The number of alkyl carbamates (subject to hydrolysis) is 2. The van der Waals surface area contributed by atoms with Crippen molar-refractivity contribution in [2.75, 3.05) is 24.9 Å². The minimum absolute atomic E-state index is 0. The molecule has 1 aromatic rings. The molecular formula is C12H15ClN4O6. The summed E-state index contributed by atoms with van der Waals surface area (Å²) in [6.45, 7) is 0. The Hall–Kier alpha value is -3.01. The molecule has 0 bridgehead atoms. The van der Waals surface area contributed by atoms with Crippen molar-refractivity contribution >= 4 is 48.0 Å². The van der Waals surface area contributed by atoms with Crippen LogP contribution in [0.15, 0.2) is 24.3 Å². The number of anilines is 2. The van der Waals surface area contributed by atoms with Gasteiger partial charge in [-0.2, -0.15) is 0 Å². The highest BCUT2D eigenvalue weighted by Gasteiger charge is 2.12. The topological polar surface area (TPSA) is 135 Å². The molecule has 0 aliphatic rings. The number of benzene rings is 1. The van der Waals surface area contributed by atoms with E-state index < -0.39 is 24.2 Å².